The maximum atomic E-state index is 13.3. The molecule has 172 valence electrons. The van der Waals surface area contributed by atoms with Crippen molar-refractivity contribution < 1.29 is 13.2 Å². The summed E-state index contributed by atoms with van der Waals surface area (Å²) in [4.78, 5) is 25.0. The topological polar surface area (TPSA) is 135 Å². The SMILES string of the molecule is Cn1cc(S(=O)(=O)c2ccc3c4cnn(Cc5cccc(C(N)=O)c5)c(=O)c4n(C)c3c2)cn1. The van der Waals surface area contributed by atoms with Gasteiger partial charge in [0.2, 0.25) is 15.7 Å². The first-order valence-electron chi connectivity index (χ1n) is 10.3. The number of benzene rings is 2. The Kier molecular flexibility index (Phi) is 4.87. The van der Waals surface area contributed by atoms with Gasteiger partial charge >= 0.3 is 0 Å². The number of fused-ring (bicyclic) bond motifs is 3. The van der Waals surface area contributed by atoms with Gasteiger partial charge in [0.15, 0.2) is 0 Å². The van der Waals surface area contributed by atoms with Crippen molar-refractivity contribution in [2.45, 2.75) is 16.3 Å². The number of rotatable bonds is 5. The standard InChI is InChI=1S/C23H20N6O4S/c1-27-13-17(10-25-27)34(32,33)16-6-7-18-19-11-26-29(23(31)21(19)28(2)20(18)9-16)12-14-4-3-5-15(8-14)22(24)30/h3-11,13H,12H2,1-2H3,(H2,24,30). The smallest absolute Gasteiger partial charge is 0.291 e. The van der Waals surface area contributed by atoms with Crippen LogP contribution in [0.15, 0.2) is 75.6 Å². The molecular weight excluding hydrogens is 456 g/mol. The highest BCUT2D eigenvalue weighted by atomic mass is 32.2. The summed E-state index contributed by atoms with van der Waals surface area (Å²) in [6.45, 7) is 0.151. The maximum absolute atomic E-state index is 13.3. The van der Waals surface area contributed by atoms with E-state index in [0.29, 0.717) is 27.5 Å². The third kappa shape index (κ3) is 3.37. The minimum Gasteiger partial charge on any atom is -0.366 e. The molecule has 0 fully saturated rings. The molecule has 11 heteroatoms. The van der Waals surface area contributed by atoms with E-state index in [1.165, 1.54) is 27.8 Å². The number of carbonyl (C=O) groups is 1. The Bertz CT molecular complexity index is 1780. The molecule has 0 saturated heterocycles. The number of aryl methyl sites for hydroxylation is 2. The molecule has 0 saturated carbocycles. The van der Waals surface area contributed by atoms with E-state index < -0.39 is 15.7 Å². The molecule has 2 aromatic carbocycles. The second kappa shape index (κ2) is 7.66. The Morgan fingerprint density at radius 2 is 1.79 bits per heavy atom. The van der Waals surface area contributed by atoms with Crippen LogP contribution in [-0.4, -0.2) is 38.5 Å². The van der Waals surface area contributed by atoms with Crippen molar-refractivity contribution in [2.75, 3.05) is 0 Å². The number of amides is 1. The van der Waals surface area contributed by atoms with Crippen molar-refractivity contribution in [3.8, 4) is 0 Å². The Hall–Kier alpha value is -4.25. The first kappa shape index (κ1) is 21.6. The minimum absolute atomic E-state index is 0.0929. The Balaban J connectivity index is 1.63. The molecule has 0 spiro atoms. The lowest BCUT2D eigenvalue weighted by atomic mass is 10.1. The van der Waals surface area contributed by atoms with Crippen LogP contribution in [0.2, 0.25) is 0 Å². The molecule has 34 heavy (non-hydrogen) atoms. The number of hydrogen-bond acceptors (Lipinski definition) is 6. The third-order valence-electron chi connectivity index (χ3n) is 5.82. The molecular formula is C23H20N6O4S. The molecule has 10 nitrogen and oxygen atoms in total. The van der Waals surface area contributed by atoms with E-state index in [4.69, 9.17) is 5.73 Å². The predicted octanol–water partition coefficient (Wildman–Crippen LogP) is 1.60. The fourth-order valence-electron chi connectivity index (χ4n) is 4.09. The van der Waals surface area contributed by atoms with Gasteiger partial charge < -0.3 is 10.3 Å². The summed E-state index contributed by atoms with van der Waals surface area (Å²) in [5.41, 5.74) is 7.05. The molecule has 0 bridgehead atoms. The van der Waals surface area contributed by atoms with Gasteiger partial charge in [-0.1, -0.05) is 18.2 Å². The van der Waals surface area contributed by atoms with E-state index in [-0.39, 0.29) is 21.9 Å². The van der Waals surface area contributed by atoms with Crippen molar-refractivity contribution in [1.29, 1.82) is 0 Å². The molecule has 3 heterocycles. The number of hydrogen-bond donors (Lipinski definition) is 1. The first-order valence-corrected chi connectivity index (χ1v) is 11.8. The minimum atomic E-state index is -3.77. The molecule has 0 aliphatic carbocycles. The number of primary amides is 1. The Morgan fingerprint density at radius 3 is 2.50 bits per heavy atom. The first-order chi connectivity index (χ1) is 16.2. The summed E-state index contributed by atoms with van der Waals surface area (Å²) in [5.74, 6) is -0.552. The number of nitrogens with zero attached hydrogens (tertiary/aromatic N) is 5. The number of aromatic nitrogens is 5. The van der Waals surface area contributed by atoms with E-state index in [1.54, 1.807) is 61.3 Å². The van der Waals surface area contributed by atoms with E-state index in [1.807, 2.05) is 0 Å². The number of carbonyl (C=O) groups excluding carboxylic acids is 1. The highest BCUT2D eigenvalue weighted by Gasteiger charge is 2.22. The molecule has 0 unspecified atom stereocenters. The summed E-state index contributed by atoms with van der Waals surface area (Å²) in [6, 6.07) is 11.5. The monoisotopic (exact) mass is 476 g/mol. The lowest BCUT2D eigenvalue weighted by Crippen LogP contribution is -2.24. The zero-order valence-corrected chi connectivity index (χ0v) is 19.2. The predicted molar refractivity (Wildman–Crippen MR) is 125 cm³/mol. The van der Waals surface area contributed by atoms with Crippen molar-refractivity contribution in [1.82, 2.24) is 24.1 Å². The van der Waals surface area contributed by atoms with Crippen LogP contribution >= 0.6 is 0 Å². The second-order valence-electron chi connectivity index (χ2n) is 8.03. The van der Waals surface area contributed by atoms with Gasteiger partial charge in [-0.2, -0.15) is 10.2 Å². The van der Waals surface area contributed by atoms with Crippen molar-refractivity contribution in [3.63, 3.8) is 0 Å². The van der Waals surface area contributed by atoms with Crippen LogP contribution in [0.1, 0.15) is 15.9 Å². The third-order valence-corrected chi connectivity index (χ3v) is 7.53. The van der Waals surface area contributed by atoms with E-state index >= 15 is 0 Å². The summed E-state index contributed by atoms with van der Waals surface area (Å²) in [7, 11) is -0.407. The van der Waals surface area contributed by atoms with Gasteiger partial charge in [-0.25, -0.2) is 13.1 Å². The van der Waals surface area contributed by atoms with Crippen molar-refractivity contribution in [2.24, 2.45) is 19.8 Å². The fraction of sp³-hybridized carbons (Fsp3) is 0.130. The Morgan fingerprint density at radius 1 is 1.00 bits per heavy atom. The van der Waals surface area contributed by atoms with Crippen LogP contribution in [-0.2, 0) is 30.5 Å². The van der Waals surface area contributed by atoms with Gasteiger partial charge in [0.1, 0.15) is 10.4 Å². The van der Waals surface area contributed by atoms with E-state index in [9.17, 15) is 18.0 Å². The molecule has 5 rings (SSSR count). The molecule has 0 radical (unpaired) electrons. The quantitative estimate of drug-likeness (QED) is 0.409. The molecule has 5 aromatic rings. The number of nitrogens with two attached hydrogens (primary N) is 1. The lowest BCUT2D eigenvalue weighted by Gasteiger charge is -2.07. The van der Waals surface area contributed by atoms with Crippen LogP contribution in [0, 0.1) is 0 Å². The van der Waals surface area contributed by atoms with E-state index in [2.05, 4.69) is 10.2 Å². The van der Waals surface area contributed by atoms with Gasteiger partial charge in [-0.05, 0) is 29.8 Å². The lowest BCUT2D eigenvalue weighted by molar-refractivity contribution is 0.1000. The van der Waals surface area contributed by atoms with Gasteiger partial charge in [0.25, 0.3) is 5.56 Å². The normalized spacial score (nSPS) is 11.9. The molecule has 0 aliphatic rings. The highest BCUT2D eigenvalue weighted by molar-refractivity contribution is 7.91. The summed E-state index contributed by atoms with van der Waals surface area (Å²) < 4.78 is 30.5. The average Bonchev–Trinajstić information content (AvgIpc) is 3.38. The molecule has 3 aromatic heterocycles. The molecule has 1 amide bonds. The second-order valence-corrected chi connectivity index (χ2v) is 9.98. The van der Waals surface area contributed by atoms with Crippen LogP contribution in [0.5, 0.6) is 0 Å². The summed E-state index contributed by atoms with van der Waals surface area (Å²) in [6.07, 6.45) is 4.33. The average molecular weight is 477 g/mol. The van der Waals surface area contributed by atoms with E-state index in [0.717, 1.165) is 5.39 Å². The van der Waals surface area contributed by atoms with Crippen LogP contribution in [0.3, 0.4) is 0 Å². The molecule has 0 atom stereocenters. The van der Waals surface area contributed by atoms with Crippen LogP contribution < -0.4 is 11.3 Å². The zero-order chi connectivity index (χ0) is 24.2. The largest absolute Gasteiger partial charge is 0.366 e. The summed E-state index contributed by atoms with van der Waals surface area (Å²) in [5, 5.41) is 9.59. The van der Waals surface area contributed by atoms with Gasteiger partial charge in [-0.3, -0.25) is 14.3 Å². The fourth-order valence-corrected chi connectivity index (χ4v) is 5.35. The molecule has 2 N–H and O–H groups in total. The van der Waals surface area contributed by atoms with Crippen LogP contribution in [0.4, 0.5) is 0 Å². The van der Waals surface area contributed by atoms with Crippen LogP contribution in [0.25, 0.3) is 21.8 Å². The number of sulfone groups is 1. The maximum Gasteiger partial charge on any atom is 0.291 e. The van der Waals surface area contributed by atoms with Gasteiger partial charge in [0.05, 0.1) is 29.4 Å². The summed E-state index contributed by atoms with van der Waals surface area (Å²) >= 11 is 0. The zero-order valence-electron chi connectivity index (χ0n) is 18.3. The Labute approximate surface area is 193 Å². The van der Waals surface area contributed by atoms with Gasteiger partial charge in [-0.15, -0.1) is 0 Å². The highest BCUT2D eigenvalue weighted by Crippen LogP contribution is 2.30. The van der Waals surface area contributed by atoms with Crippen molar-refractivity contribution >= 4 is 37.6 Å². The van der Waals surface area contributed by atoms with Crippen molar-refractivity contribution in [3.05, 3.63) is 82.5 Å². The molecule has 0 aliphatic heterocycles. The van der Waals surface area contributed by atoms with Gasteiger partial charge in [0, 0.05) is 36.6 Å².